The van der Waals surface area contributed by atoms with E-state index in [2.05, 4.69) is 45.0 Å². The van der Waals surface area contributed by atoms with Gasteiger partial charge in [-0.3, -0.25) is 9.59 Å². The number of hydrogen-bond donors (Lipinski definition) is 0. The van der Waals surface area contributed by atoms with Gasteiger partial charge in [0.1, 0.15) is 0 Å². The number of piperazine rings is 1. The summed E-state index contributed by atoms with van der Waals surface area (Å²) in [4.78, 5) is 28.7. The lowest BCUT2D eigenvalue weighted by atomic mass is 9.84. The predicted molar refractivity (Wildman–Crippen MR) is 99.3 cm³/mol. The molecule has 2 aliphatic rings. The van der Waals surface area contributed by atoms with Crippen LogP contribution in [-0.2, 0) is 21.4 Å². The van der Waals surface area contributed by atoms with Gasteiger partial charge in [-0.25, -0.2) is 0 Å². The maximum absolute atomic E-state index is 12.5. The maximum atomic E-state index is 12.5. The molecule has 0 spiro atoms. The Morgan fingerprint density at radius 2 is 1.52 bits per heavy atom. The van der Waals surface area contributed by atoms with E-state index >= 15 is 0 Å². The standard InChI is InChI=1S/C21H30N2O2/c1-21(2,3)18-9-7-16(8-10-18)15-19(24)22-11-13-23(14-12-22)20(25)17-5-4-6-17/h7-10,17H,4-6,11-15H2,1-3H3. The SMILES string of the molecule is CC(C)(C)c1ccc(CC(=O)N2CCN(C(=O)C3CCC3)CC2)cc1. The summed E-state index contributed by atoms with van der Waals surface area (Å²) in [7, 11) is 0. The zero-order valence-electron chi connectivity index (χ0n) is 15.8. The molecule has 2 amide bonds. The Bertz CT molecular complexity index is 618. The number of amides is 2. The maximum Gasteiger partial charge on any atom is 0.227 e. The van der Waals surface area contributed by atoms with Gasteiger partial charge in [0.15, 0.2) is 0 Å². The molecule has 4 heteroatoms. The fraction of sp³-hybridized carbons (Fsp3) is 0.619. The van der Waals surface area contributed by atoms with E-state index in [0.717, 1.165) is 18.4 Å². The molecule has 1 aromatic carbocycles. The molecule has 0 unspecified atom stereocenters. The Hall–Kier alpha value is -1.84. The smallest absolute Gasteiger partial charge is 0.227 e. The van der Waals surface area contributed by atoms with Crippen LogP contribution in [0.25, 0.3) is 0 Å². The largest absolute Gasteiger partial charge is 0.339 e. The summed E-state index contributed by atoms with van der Waals surface area (Å²) in [6.45, 7) is 9.27. The van der Waals surface area contributed by atoms with Crippen LogP contribution < -0.4 is 0 Å². The molecule has 1 saturated carbocycles. The molecule has 3 rings (SSSR count). The minimum Gasteiger partial charge on any atom is -0.339 e. The van der Waals surface area contributed by atoms with Crippen LogP contribution in [0.4, 0.5) is 0 Å². The molecular formula is C21H30N2O2. The summed E-state index contributed by atoms with van der Waals surface area (Å²) in [6, 6.07) is 8.37. The van der Waals surface area contributed by atoms with Crippen molar-refractivity contribution >= 4 is 11.8 Å². The average molecular weight is 342 g/mol. The average Bonchev–Trinajstić information content (AvgIpc) is 2.53. The Morgan fingerprint density at radius 1 is 0.960 bits per heavy atom. The van der Waals surface area contributed by atoms with E-state index < -0.39 is 0 Å². The van der Waals surface area contributed by atoms with Crippen molar-refractivity contribution in [3.05, 3.63) is 35.4 Å². The van der Waals surface area contributed by atoms with E-state index in [4.69, 9.17) is 0 Å². The van der Waals surface area contributed by atoms with Gasteiger partial charge in [-0.2, -0.15) is 0 Å². The highest BCUT2D eigenvalue weighted by molar-refractivity contribution is 5.81. The first kappa shape index (κ1) is 18.0. The molecule has 0 atom stereocenters. The van der Waals surface area contributed by atoms with Crippen molar-refractivity contribution in [2.75, 3.05) is 26.2 Å². The number of nitrogens with zero attached hydrogens (tertiary/aromatic N) is 2. The Labute approximate surface area is 151 Å². The third-order valence-electron chi connectivity index (χ3n) is 5.57. The van der Waals surface area contributed by atoms with Crippen molar-refractivity contribution in [2.24, 2.45) is 5.92 Å². The summed E-state index contributed by atoms with van der Waals surface area (Å²) in [6.07, 6.45) is 3.72. The summed E-state index contributed by atoms with van der Waals surface area (Å²) in [5.74, 6) is 0.721. The van der Waals surface area contributed by atoms with Crippen LogP contribution in [0, 0.1) is 5.92 Å². The van der Waals surface area contributed by atoms with Crippen LogP contribution in [0.3, 0.4) is 0 Å². The molecule has 0 aromatic heterocycles. The molecule has 1 aromatic rings. The molecule has 136 valence electrons. The fourth-order valence-electron chi connectivity index (χ4n) is 3.50. The highest BCUT2D eigenvalue weighted by Crippen LogP contribution is 2.28. The molecule has 1 heterocycles. The van der Waals surface area contributed by atoms with Gasteiger partial charge in [0.2, 0.25) is 11.8 Å². The van der Waals surface area contributed by atoms with E-state index in [1.165, 1.54) is 12.0 Å². The van der Waals surface area contributed by atoms with Gasteiger partial charge >= 0.3 is 0 Å². The number of hydrogen-bond acceptors (Lipinski definition) is 2. The molecule has 25 heavy (non-hydrogen) atoms. The third-order valence-corrected chi connectivity index (χ3v) is 5.57. The van der Waals surface area contributed by atoms with Gasteiger partial charge in [-0.05, 0) is 29.4 Å². The number of carbonyl (C=O) groups is 2. The zero-order valence-corrected chi connectivity index (χ0v) is 15.8. The van der Waals surface area contributed by atoms with E-state index in [9.17, 15) is 9.59 Å². The van der Waals surface area contributed by atoms with Crippen molar-refractivity contribution in [3.8, 4) is 0 Å². The topological polar surface area (TPSA) is 40.6 Å². The second-order valence-corrected chi connectivity index (χ2v) is 8.46. The van der Waals surface area contributed by atoms with Crippen LogP contribution in [0.1, 0.15) is 51.2 Å². The number of rotatable bonds is 3. The van der Waals surface area contributed by atoms with Crippen molar-refractivity contribution in [3.63, 3.8) is 0 Å². The van der Waals surface area contributed by atoms with Gasteiger partial charge in [-0.15, -0.1) is 0 Å². The first-order valence-electron chi connectivity index (χ1n) is 9.50. The van der Waals surface area contributed by atoms with E-state index in [0.29, 0.717) is 38.5 Å². The minimum absolute atomic E-state index is 0.131. The second-order valence-electron chi connectivity index (χ2n) is 8.46. The number of benzene rings is 1. The minimum atomic E-state index is 0.131. The highest BCUT2D eigenvalue weighted by atomic mass is 16.2. The monoisotopic (exact) mass is 342 g/mol. The van der Waals surface area contributed by atoms with Crippen molar-refractivity contribution < 1.29 is 9.59 Å². The molecule has 2 fully saturated rings. The molecular weight excluding hydrogens is 312 g/mol. The lowest BCUT2D eigenvalue weighted by Crippen LogP contribution is -2.52. The highest BCUT2D eigenvalue weighted by Gasteiger charge is 2.31. The van der Waals surface area contributed by atoms with Gasteiger partial charge in [0, 0.05) is 32.1 Å². The van der Waals surface area contributed by atoms with Gasteiger partial charge in [0.25, 0.3) is 0 Å². The molecule has 0 bridgehead atoms. The van der Waals surface area contributed by atoms with E-state index in [1.54, 1.807) is 0 Å². The van der Waals surface area contributed by atoms with E-state index in [1.807, 2.05) is 9.80 Å². The lowest BCUT2D eigenvalue weighted by Gasteiger charge is -2.38. The molecule has 0 radical (unpaired) electrons. The van der Waals surface area contributed by atoms with Gasteiger partial charge in [0.05, 0.1) is 6.42 Å². The van der Waals surface area contributed by atoms with Crippen molar-refractivity contribution in [2.45, 2.75) is 51.9 Å². The Morgan fingerprint density at radius 3 is 2.00 bits per heavy atom. The predicted octanol–water partition coefficient (Wildman–Crippen LogP) is 3.00. The van der Waals surface area contributed by atoms with Crippen LogP contribution in [0.15, 0.2) is 24.3 Å². The molecule has 1 saturated heterocycles. The van der Waals surface area contributed by atoms with Crippen LogP contribution in [-0.4, -0.2) is 47.8 Å². The third kappa shape index (κ3) is 4.23. The first-order chi connectivity index (χ1) is 11.8. The quantitative estimate of drug-likeness (QED) is 0.847. The first-order valence-corrected chi connectivity index (χ1v) is 9.50. The summed E-state index contributed by atoms with van der Waals surface area (Å²) in [5, 5.41) is 0. The molecule has 1 aliphatic carbocycles. The van der Waals surface area contributed by atoms with Gasteiger partial charge < -0.3 is 9.80 Å². The van der Waals surface area contributed by atoms with Crippen molar-refractivity contribution in [1.82, 2.24) is 9.80 Å². The normalized spacial score (nSPS) is 18.8. The lowest BCUT2D eigenvalue weighted by molar-refractivity contribution is -0.143. The number of carbonyl (C=O) groups excluding carboxylic acids is 2. The molecule has 1 aliphatic heterocycles. The Balaban J connectivity index is 1.50. The van der Waals surface area contributed by atoms with Crippen molar-refractivity contribution in [1.29, 1.82) is 0 Å². The summed E-state index contributed by atoms with van der Waals surface area (Å²) >= 11 is 0. The van der Waals surface area contributed by atoms with Crippen LogP contribution in [0.5, 0.6) is 0 Å². The van der Waals surface area contributed by atoms with Crippen LogP contribution in [0.2, 0.25) is 0 Å². The summed E-state index contributed by atoms with van der Waals surface area (Å²) in [5.41, 5.74) is 2.48. The fourth-order valence-corrected chi connectivity index (χ4v) is 3.50. The van der Waals surface area contributed by atoms with Crippen LogP contribution >= 0.6 is 0 Å². The zero-order chi connectivity index (χ0) is 18.0. The second kappa shape index (κ2) is 7.19. The summed E-state index contributed by atoms with van der Waals surface area (Å²) < 4.78 is 0. The molecule has 0 N–H and O–H groups in total. The van der Waals surface area contributed by atoms with Gasteiger partial charge in [-0.1, -0.05) is 51.5 Å². The Kier molecular flexibility index (Phi) is 5.16. The molecule has 4 nitrogen and oxygen atoms in total. The van der Waals surface area contributed by atoms with E-state index in [-0.39, 0.29) is 17.2 Å².